The Bertz CT molecular complexity index is 1070. The molecule has 0 saturated carbocycles. The molecule has 2 saturated heterocycles. The zero-order chi connectivity index (χ0) is 23.6. The number of carbonyl (C=O) groups excluding carboxylic acids is 3. The number of carbonyl (C=O) groups is 3. The maximum absolute atomic E-state index is 14.3. The molecule has 2 aliphatic heterocycles. The predicted octanol–water partition coefficient (Wildman–Crippen LogP) is 3.18. The number of likely N-dealkylation sites (tertiary alicyclic amines) is 2. The van der Waals surface area contributed by atoms with Crippen LogP contribution in [-0.2, 0) is 24.5 Å². The maximum Gasteiger partial charge on any atom is 0.240 e. The summed E-state index contributed by atoms with van der Waals surface area (Å²) in [5.41, 5.74) is 0.954. The zero-order valence-electron chi connectivity index (χ0n) is 19.1. The molecule has 2 aromatic carbocycles. The molecule has 174 valence electrons. The molecule has 0 aliphatic carbocycles. The Morgan fingerprint density at radius 1 is 1.15 bits per heavy atom. The first-order chi connectivity index (χ1) is 15.9. The highest BCUT2D eigenvalue weighted by Gasteiger charge is 2.54. The largest absolute Gasteiger partial charge is 0.383 e. The number of methoxy groups -OCH3 is 1. The van der Waals surface area contributed by atoms with E-state index in [9.17, 15) is 18.8 Å². The second-order valence-electron chi connectivity index (χ2n) is 8.94. The van der Waals surface area contributed by atoms with Crippen LogP contribution >= 0.6 is 0 Å². The van der Waals surface area contributed by atoms with Crippen LogP contribution in [0.4, 0.5) is 4.39 Å². The first-order valence-electron chi connectivity index (χ1n) is 11.3. The van der Waals surface area contributed by atoms with E-state index < -0.39 is 5.41 Å². The van der Waals surface area contributed by atoms with Crippen molar-refractivity contribution in [3.8, 4) is 0 Å². The van der Waals surface area contributed by atoms with Gasteiger partial charge < -0.3 is 9.64 Å². The van der Waals surface area contributed by atoms with Gasteiger partial charge >= 0.3 is 0 Å². The number of hydrogen-bond donors (Lipinski definition) is 0. The standard InChI is InChI=1S/C26H29FN2O4/c1-18-7-3-5-9-21(18)26(16-24(31)29(25(26)32)13-14-33-2)15-23(30)28-12-11-19(17-28)20-8-4-6-10-22(20)27/h3-10,19H,11-17H2,1-2H3/t19-,26+/m1/s1. The van der Waals surface area contributed by atoms with Gasteiger partial charge in [-0.25, -0.2) is 4.39 Å². The first kappa shape index (κ1) is 23.1. The minimum absolute atomic E-state index is 0.0449. The van der Waals surface area contributed by atoms with E-state index in [1.807, 2.05) is 31.2 Å². The summed E-state index contributed by atoms with van der Waals surface area (Å²) in [4.78, 5) is 42.8. The van der Waals surface area contributed by atoms with E-state index in [2.05, 4.69) is 0 Å². The smallest absolute Gasteiger partial charge is 0.240 e. The number of ether oxygens (including phenoxy) is 1. The van der Waals surface area contributed by atoms with E-state index in [0.717, 1.165) is 5.56 Å². The molecule has 0 bridgehead atoms. The summed E-state index contributed by atoms with van der Waals surface area (Å²) in [5.74, 6) is -1.18. The van der Waals surface area contributed by atoms with Crippen molar-refractivity contribution < 1.29 is 23.5 Å². The molecular weight excluding hydrogens is 423 g/mol. The number of benzene rings is 2. The molecule has 3 amide bonds. The number of aryl methyl sites for hydroxylation is 1. The van der Waals surface area contributed by atoms with Crippen molar-refractivity contribution in [2.75, 3.05) is 33.4 Å². The van der Waals surface area contributed by atoms with E-state index >= 15 is 0 Å². The summed E-state index contributed by atoms with van der Waals surface area (Å²) < 4.78 is 19.3. The van der Waals surface area contributed by atoms with Crippen LogP contribution in [0.1, 0.15) is 41.9 Å². The van der Waals surface area contributed by atoms with Gasteiger partial charge in [0.1, 0.15) is 5.82 Å². The third kappa shape index (κ3) is 4.29. The Kier molecular flexibility index (Phi) is 6.61. The summed E-state index contributed by atoms with van der Waals surface area (Å²) in [6.07, 6.45) is 0.531. The van der Waals surface area contributed by atoms with Gasteiger partial charge in [0.05, 0.1) is 18.6 Å². The predicted molar refractivity (Wildman–Crippen MR) is 121 cm³/mol. The molecule has 2 fully saturated rings. The first-order valence-corrected chi connectivity index (χ1v) is 11.3. The second kappa shape index (κ2) is 9.43. The van der Waals surface area contributed by atoms with Gasteiger partial charge in [-0.1, -0.05) is 42.5 Å². The van der Waals surface area contributed by atoms with Crippen LogP contribution in [0.15, 0.2) is 48.5 Å². The Hall–Kier alpha value is -3.06. The van der Waals surface area contributed by atoms with Crippen LogP contribution in [0, 0.1) is 12.7 Å². The Morgan fingerprint density at radius 3 is 2.61 bits per heavy atom. The highest BCUT2D eigenvalue weighted by atomic mass is 19.1. The summed E-state index contributed by atoms with van der Waals surface area (Å²) >= 11 is 0. The van der Waals surface area contributed by atoms with Gasteiger partial charge in [0.2, 0.25) is 17.7 Å². The van der Waals surface area contributed by atoms with E-state index in [1.165, 1.54) is 18.1 Å². The molecule has 2 atom stereocenters. The third-order valence-corrected chi connectivity index (χ3v) is 6.93. The van der Waals surface area contributed by atoms with Crippen molar-refractivity contribution >= 4 is 17.7 Å². The molecule has 0 unspecified atom stereocenters. The topological polar surface area (TPSA) is 66.9 Å². The number of amides is 3. The molecule has 0 aromatic heterocycles. The van der Waals surface area contributed by atoms with Crippen LogP contribution in [0.3, 0.4) is 0 Å². The van der Waals surface area contributed by atoms with Gasteiger partial charge in [-0.2, -0.15) is 0 Å². The summed E-state index contributed by atoms with van der Waals surface area (Å²) in [6, 6.07) is 14.1. The van der Waals surface area contributed by atoms with Crippen molar-refractivity contribution in [2.45, 2.75) is 37.5 Å². The van der Waals surface area contributed by atoms with Gasteiger partial charge in [-0.3, -0.25) is 19.3 Å². The van der Waals surface area contributed by atoms with Crippen LogP contribution in [0.2, 0.25) is 0 Å². The molecule has 2 aliphatic rings. The van der Waals surface area contributed by atoms with Gasteiger partial charge in [0.25, 0.3) is 0 Å². The molecule has 33 heavy (non-hydrogen) atoms. The van der Waals surface area contributed by atoms with Gasteiger partial charge in [0, 0.05) is 39.0 Å². The normalized spacial score (nSPS) is 22.9. The molecule has 0 spiro atoms. The van der Waals surface area contributed by atoms with Crippen molar-refractivity contribution in [1.82, 2.24) is 9.80 Å². The van der Waals surface area contributed by atoms with Crippen LogP contribution in [-0.4, -0.2) is 60.9 Å². The molecule has 0 N–H and O–H groups in total. The molecule has 4 rings (SSSR count). The third-order valence-electron chi connectivity index (χ3n) is 6.93. The monoisotopic (exact) mass is 452 g/mol. The van der Waals surface area contributed by atoms with Crippen molar-refractivity contribution in [2.24, 2.45) is 0 Å². The van der Waals surface area contributed by atoms with Crippen LogP contribution < -0.4 is 0 Å². The SMILES string of the molecule is COCCN1C(=O)C[C@@](CC(=O)N2CC[C@@H](c3ccccc3F)C2)(c2ccccc2C)C1=O. The molecule has 2 heterocycles. The van der Waals surface area contributed by atoms with E-state index in [1.54, 1.807) is 23.1 Å². The molecule has 7 heteroatoms. The number of hydrogen-bond acceptors (Lipinski definition) is 4. The second-order valence-corrected chi connectivity index (χ2v) is 8.94. The van der Waals surface area contributed by atoms with Gasteiger partial charge in [0.15, 0.2) is 0 Å². The number of imide groups is 1. The molecule has 6 nitrogen and oxygen atoms in total. The summed E-state index contributed by atoms with van der Waals surface area (Å²) in [5, 5.41) is 0. The molecule has 2 aromatic rings. The Labute approximate surface area is 193 Å². The summed E-state index contributed by atoms with van der Waals surface area (Å²) in [6.45, 7) is 3.19. The van der Waals surface area contributed by atoms with Crippen molar-refractivity contribution in [3.63, 3.8) is 0 Å². The van der Waals surface area contributed by atoms with Gasteiger partial charge in [-0.15, -0.1) is 0 Å². The highest BCUT2D eigenvalue weighted by molar-refractivity contribution is 6.11. The van der Waals surface area contributed by atoms with Crippen molar-refractivity contribution in [3.05, 3.63) is 71.0 Å². The fraction of sp³-hybridized carbons (Fsp3) is 0.423. The minimum atomic E-state index is -1.23. The van der Waals surface area contributed by atoms with E-state index in [4.69, 9.17) is 4.74 Å². The summed E-state index contributed by atoms with van der Waals surface area (Å²) in [7, 11) is 1.52. The maximum atomic E-state index is 14.3. The zero-order valence-corrected chi connectivity index (χ0v) is 19.1. The van der Waals surface area contributed by atoms with E-state index in [0.29, 0.717) is 30.6 Å². The average Bonchev–Trinajstić information content (AvgIpc) is 3.37. The molecular formula is C26H29FN2O4. The quantitative estimate of drug-likeness (QED) is 0.606. The van der Waals surface area contributed by atoms with E-state index in [-0.39, 0.29) is 55.4 Å². The lowest BCUT2D eigenvalue weighted by Crippen LogP contribution is -2.44. The number of nitrogens with zero attached hydrogens (tertiary/aromatic N) is 2. The molecule has 0 radical (unpaired) electrons. The van der Waals surface area contributed by atoms with Crippen LogP contribution in [0.5, 0.6) is 0 Å². The fourth-order valence-electron chi connectivity index (χ4n) is 5.18. The van der Waals surface area contributed by atoms with Crippen molar-refractivity contribution in [1.29, 1.82) is 0 Å². The fourth-order valence-corrected chi connectivity index (χ4v) is 5.18. The van der Waals surface area contributed by atoms with Gasteiger partial charge in [-0.05, 0) is 36.1 Å². The minimum Gasteiger partial charge on any atom is -0.383 e. The lowest BCUT2D eigenvalue weighted by atomic mass is 9.74. The lowest BCUT2D eigenvalue weighted by Gasteiger charge is -2.30. The number of rotatable bonds is 7. The Morgan fingerprint density at radius 2 is 1.88 bits per heavy atom. The average molecular weight is 453 g/mol. The van der Waals surface area contributed by atoms with Crippen LogP contribution in [0.25, 0.3) is 0 Å². The lowest BCUT2D eigenvalue weighted by molar-refractivity contribution is -0.143. The highest BCUT2D eigenvalue weighted by Crippen LogP contribution is 2.42. The number of halogens is 1. The Balaban J connectivity index is 1.60.